The SMILES string of the molecule is C=C(CCCCCCOc1ccc([C@H]2CC[C@H](CCCCC)CC2)cc1)C(=O)O. The highest BCUT2D eigenvalue weighted by Gasteiger charge is 2.22. The van der Waals surface area contributed by atoms with E-state index >= 15 is 0 Å². The fourth-order valence-corrected chi connectivity index (χ4v) is 4.39. The Labute approximate surface area is 177 Å². The van der Waals surface area contributed by atoms with Gasteiger partial charge in [-0.15, -0.1) is 0 Å². The van der Waals surface area contributed by atoms with E-state index in [1.54, 1.807) is 0 Å². The van der Waals surface area contributed by atoms with Crippen LogP contribution in [-0.4, -0.2) is 17.7 Å². The van der Waals surface area contributed by atoms with Gasteiger partial charge in [0.1, 0.15) is 5.75 Å². The van der Waals surface area contributed by atoms with Crippen molar-refractivity contribution < 1.29 is 14.6 Å². The number of ether oxygens (including phenoxy) is 1. The molecule has 1 N–H and O–H groups in total. The van der Waals surface area contributed by atoms with Crippen LogP contribution in [0.15, 0.2) is 36.4 Å². The normalized spacial score (nSPS) is 19.1. The Hall–Kier alpha value is -1.77. The molecule has 1 aliphatic rings. The standard InChI is InChI=1S/C26H40O3/c1-3-4-7-11-22-12-14-23(15-13-22)24-16-18-25(19-17-24)29-20-9-6-5-8-10-21(2)26(27)28/h16-19,22-23H,2-15,20H2,1H3,(H,27,28)/t22-,23-. The van der Waals surface area contributed by atoms with Gasteiger partial charge in [0.2, 0.25) is 0 Å². The van der Waals surface area contributed by atoms with Crippen molar-refractivity contribution in [3.05, 3.63) is 42.0 Å². The summed E-state index contributed by atoms with van der Waals surface area (Å²) in [6, 6.07) is 8.77. The highest BCUT2D eigenvalue weighted by atomic mass is 16.5. The smallest absolute Gasteiger partial charge is 0.330 e. The molecule has 2 rings (SSSR count). The zero-order chi connectivity index (χ0) is 20.9. The molecule has 0 radical (unpaired) electrons. The van der Waals surface area contributed by atoms with Gasteiger partial charge in [-0.1, -0.05) is 64.2 Å². The van der Waals surface area contributed by atoms with Crippen LogP contribution in [0.2, 0.25) is 0 Å². The largest absolute Gasteiger partial charge is 0.494 e. The summed E-state index contributed by atoms with van der Waals surface area (Å²) in [5.74, 6) is 1.77. The minimum atomic E-state index is -0.878. The van der Waals surface area contributed by atoms with Gasteiger partial charge in [0.25, 0.3) is 0 Å². The second kappa shape index (κ2) is 13.5. The van der Waals surface area contributed by atoms with Gasteiger partial charge in [0, 0.05) is 5.57 Å². The third kappa shape index (κ3) is 9.06. The maximum absolute atomic E-state index is 10.7. The average Bonchev–Trinajstić information content (AvgIpc) is 2.74. The Kier molecular flexibility index (Phi) is 10.9. The molecule has 1 saturated carbocycles. The van der Waals surface area contributed by atoms with Gasteiger partial charge in [-0.25, -0.2) is 4.79 Å². The molecule has 0 atom stereocenters. The van der Waals surface area contributed by atoms with Crippen molar-refractivity contribution in [3.8, 4) is 5.75 Å². The summed E-state index contributed by atoms with van der Waals surface area (Å²) >= 11 is 0. The van der Waals surface area contributed by atoms with Crippen LogP contribution in [0.1, 0.15) is 102 Å². The van der Waals surface area contributed by atoms with E-state index in [-0.39, 0.29) is 0 Å². The number of hydrogen-bond acceptors (Lipinski definition) is 2. The predicted octanol–water partition coefficient (Wildman–Crippen LogP) is 7.51. The predicted molar refractivity (Wildman–Crippen MR) is 121 cm³/mol. The van der Waals surface area contributed by atoms with Crippen molar-refractivity contribution in [2.24, 2.45) is 5.92 Å². The van der Waals surface area contributed by atoms with E-state index in [1.165, 1.54) is 56.9 Å². The molecular formula is C26H40O3. The van der Waals surface area contributed by atoms with Crippen LogP contribution < -0.4 is 4.74 Å². The van der Waals surface area contributed by atoms with Crippen LogP contribution in [0, 0.1) is 5.92 Å². The number of carboxylic acids is 1. The van der Waals surface area contributed by atoms with E-state index in [0.29, 0.717) is 12.0 Å². The summed E-state index contributed by atoms with van der Waals surface area (Å²) in [6.07, 6.45) is 15.6. The number of hydrogen-bond donors (Lipinski definition) is 1. The Balaban J connectivity index is 1.58. The Morgan fingerprint density at radius 3 is 2.34 bits per heavy atom. The molecule has 162 valence electrons. The number of aliphatic carboxylic acids is 1. The first kappa shape index (κ1) is 23.5. The maximum atomic E-state index is 10.7. The second-order valence-corrected chi connectivity index (χ2v) is 8.70. The van der Waals surface area contributed by atoms with E-state index in [9.17, 15) is 4.79 Å². The molecule has 0 amide bonds. The summed E-state index contributed by atoms with van der Waals surface area (Å²) < 4.78 is 5.87. The Morgan fingerprint density at radius 1 is 1.00 bits per heavy atom. The molecule has 0 unspecified atom stereocenters. The lowest BCUT2D eigenvalue weighted by atomic mass is 9.77. The summed E-state index contributed by atoms with van der Waals surface area (Å²) in [5, 5.41) is 8.78. The second-order valence-electron chi connectivity index (χ2n) is 8.70. The minimum Gasteiger partial charge on any atom is -0.494 e. The van der Waals surface area contributed by atoms with Gasteiger partial charge in [-0.2, -0.15) is 0 Å². The molecule has 0 aliphatic heterocycles. The van der Waals surface area contributed by atoms with Gasteiger partial charge >= 0.3 is 5.97 Å². The van der Waals surface area contributed by atoms with Crippen LogP contribution in [0.25, 0.3) is 0 Å². The van der Waals surface area contributed by atoms with Crippen molar-refractivity contribution in [2.45, 2.75) is 96.3 Å². The fraction of sp³-hybridized carbons (Fsp3) is 0.654. The minimum absolute atomic E-state index is 0.311. The lowest BCUT2D eigenvalue weighted by molar-refractivity contribution is -0.132. The Bertz CT molecular complexity index is 597. The molecule has 3 nitrogen and oxygen atoms in total. The molecule has 1 aromatic rings. The molecule has 1 aliphatic carbocycles. The van der Waals surface area contributed by atoms with Gasteiger partial charge in [0.15, 0.2) is 0 Å². The molecular weight excluding hydrogens is 360 g/mol. The topological polar surface area (TPSA) is 46.5 Å². The molecule has 29 heavy (non-hydrogen) atoms. The number of unbranched alkanes of at least 4 members (excludes halogenated alkanes) is 5. The van der Waals surface area contributed by atoms with E-state index in [2.05, 4.69) is 37.8 Å². The van der Waals surface area contributed by atoms with Crippen molar-refractivity contribution in [1.82, 2.24) is 0 Å². The first-order chi connectivity index (χ1) is 14.1. The molecule has 1 fully saturated rings. The molecule has 0 aromatic heterocycles. The monoisotopic (exact) mass is 400 g/mol. The van der Waals surface area contributed by atoms with Gasteiger partial charge < -0.3 is 9.84 Å². The Morgan fingerprint density at radius 2 is 1.69 bits per heavy atom. The number of rotatable bonds is 14. The summed E-state index contributed by atoms with van der Waals surface area (Å²) in [5.41, 5.74) is 1.79. The van der Waals surface area contributed by atoms with Crippen molar-refractivity contribution in [1.29, 1.82) is 0 Å². The maximum Gasteiger partial charge on any atom is 0.330 e. The lowest BCUT2D eigenvalue weighted by Gasteiger charge is -2.29. The van der Waals surface area contributed by atoms with Gasteiger partial charge in [-0.3, -0.25) is 0 Å². The molecule has 0 heterocycles. The number of benzene rings is 1. The van der Waals surface area contributed by atoms with Gasteiger partial charge in [-0.05, 0) is 74.5 Å². The number of carboxylic acid groups (broad SMARTS) is 1. The number of carbonyl (C=O) groups is 1. The quantitative estimate of drug-likeness (QED) is 0.259. The van der Waals surface area contributed by atoms with Crippen molar-refractivity contribution in [3.63, 3.8) is 0 Å². The van der Waals surface area contributed by atoms with E-state index in [0.717, 1.165) is 49.9 Å². The van der Waals surface area contributed by atoms with Crippen LogP contribution in [0.3, 0.4) is 0 Å². The summed E-state index contributed by atoms with van der Waals surface area (Å²) in [4.78, 5) is 10.7. The molecule has 0 saturated heterocycles. The average molecular weight is 401 g/mol. The fourth-order valence-electron chi connectivity index (χ4n) is 4.39. The zero-order valence-electron chi connectivity index (χ0n) is 18.3. The van der Waals surface area contributed by atoms with Crippen molar-refractivity contribution in [2.75, 3.05) is 6.61 Å². The summed E-state index contributed by atoms with van der Waals surface area (Å²) in [6.45, 7) is 6.57. The van der Waals surface area contributed by atoms with E-state index in [1.807, 2.05) is 0 Å². The van der Waals surface area contributed by atoms with Crippen LogP contribution >= 0.6 is 0 Å². The highest BCUT2D eigenvalue weighted by molar-refractivity contribution is 5.85. The first-order valence-corrected chi connectivity index (χ1v) is 11.7. The zero-order valence-corrected chi connectivity index (χ0v) is 18.3. The highest BCUT2D eigenvalue weighted by Crippen LogP contribution is 2.38. The van der Waals surface area contributed by atoms with Crippen molar-refractivity contribution >= 4 is 5.97 Å². The molecule has 3 heteroatoms. The lowest BCUT2D eigenvalue weighted by Crippen LogP contribution is -2.13. The van der Waals surface area contributed by atoms with E-state index in [4.69, 9.17) is 9.84 Å². The van der Waals surface area contributed by atoms with Crippen LogP contribution in [-0.2, 0) is 4.79 Å². The molecule has 0 spiro atoms. The van der Waals surface area contributed by atoms with E-state index < -0.39 is 5.97 Å². The third-order valence-electron chi connectivity index (χ3n) is 6.36. The summed E-state index contributed by atoms with van der Waals surface area (Å²) in [7, 11) is 0. The molecule has 1 aromatic carbocycles. The van der Waals surface area contributed by atoms with Crippen LogP contribution in [0.4, 0.5) is 0 Å². The van der Waals surface area contributed by atoms with Gasteiger partial charge in [0.05, 0.1) is 6.61 Å². The van der Waals surface area contributed by atoms with Crippen LogP contribution in [0.5, 0.6) is 5.75 Å². The first-order valence-electron chi connectivity index (χ1n) is 11.7. The third-order valence-corrected chi connectivity index (χ3v) is 6.36. The molecule has 0 bridgehead atoms.